The average Bonchev–Trinajstić information content (AvgIpc) is 3.40. The molecule has 2 saturated heterocycles. The third-order valence-corrected chi connectivity index (χ3v) is 5.35. The molecule has 2 aliphatic heterocycles. The molecule has 0 radical (unpaired) electrons. The first-order valence-corrected chi connectivity index (χ1v) is 10.6. The maximum Gasteiger partial charge on any atom is 0.414 e. The van der Waals surface area contributed by atoms with E-state index in [4.69, 9.17) is 9.57 Å². The van der Waals surface area contributed by atoms with Gasteiger partial charge in [0.2, 0.25) is 0 Å². The van der Waals surface area contributed by atoms with Crippen LogP contribution in [0.25, 0.3) is 0 Å². The SMILES string of the molecule is O=C(NCC1CN(c2cc(F)c(N3CCON(C(=O)Cn4cnnn4)CC3)c(F)c2)C(=O)O1)C(F)F. The van der Waals surface area contributed by atoms with Crippen LogP contribution in [0.2, 0.25) is 0 Å². The Morgan fingerprint density at radius 3 is 2.58 bits per heavy atom. The summed E-state index contributed by atoms with van der Waals surface area (Å²) < 4.78 is 60.8. The number of alkyl halides is 2. The summed E-state index contributed by atoms with van der Waals surface area (Å²) in [5, 5.41) is 13.4. The Hall–Kier alpha value is -4.02. The quantitative estimate of drug-likeness (QED) is 0.502. The number of cyclic esters (lactones) is 1. The molecule has 0 saturated carbocycles. The molecule has 2 aromatic rings. The van der Waals surface area contributed by atoms with Crippen molar-refractivity contribution < 1.29 is 41.5 Å². The number of ether oxygens (including phenoxy) is 1. The number of carbonyl (C=O) groups is 3. The average molecular weight is 516 g/mol. The molecule has 1 aromatic carbocycles. The highest BCUT2D eigenvalue weighted by atomic mass is 19.3. The molecule has 2 aliphatic rings. The van der Waals surface area contributed by atoms with E-state index in [-0.39, 0.29) is 57.3 Å². The smallest absolute Gasteiger partial charge is 0.414 e. The summed E-state index contributed by atoms with van der Waals surface area (Å²) in [7, 11) is 0. The fourth-order valence-corrected chi connectivity index (χ4v) is 3.68. The number of anilines is 2. The zero-order valence-corrected chi connectivity index (χ0v) is 18.5. The summed E-state index contributed by atoms with van der Waals surface area (Å²) >= 11 is 0. The van der Waals surface area contributed by atoms with Gasteiger partial charge in [-0.05, 0) is 10.4 Å². The van der Waals surface area contributed by atoms with Gasteiger partial charge in [-0.15, -0.1) is 5.10 Å². The van der Waals surface area contributed by atoms with Crippen molar-refractivity contribution in [2.24, 2.45) is 0 Å². The molecule has 1 unspecified atom stereocenters. The van der Waals surface area contributed by atoms with Crippen molar-refractivity contribution in [3.8, 4) is 0 Å². The molecular formula is C19H20F4N8O5. The first-order chi connectivity index (χ1) is 17.2. The molecule has 0 aliphatic carbocycles. The third-order valence-electron chi connectivity index (χ3n) is 5.35. The highest BCUT2D eigenvalue weighted by molar-refractivity contribution is 5.90. The number of amides is 3. The number of hydrogen-bond acceptors (Lipinski definition) is 9. The molecule has 4 rings (SSSR count). The van der Waals surface area contributed by atoms with Gasteiger partial charge in [0.05, 0.1) is 31.9 Å². The van der Waals surface area contributed by atoms with Crippen LogP contribution in [-0.4, -0.2) is 95.0 Å². The Bertz CT molecular complexity index is 1100. The Balaban J connectivity index is 1.40. The predicted molar refractivity (Wildman–Crippen MR) is 111 cm³/mol. The number of hydroxylamine groups is 2. The van der Waals surface area contributed by atoms with Gasteiger partial charge in [0, 0.05) is 25.2 Å². The molecular weight excluding hydrogens is 496 g/mol. The highest BCUT2D eigenvalue weighted by Gasteiger charge is 2.34. The monoisotopic (exact) mass is 516 g/mol. The van der Waals surface area contributed by atoms with Crippen molar-refractivity contribution >= 4 is 29.3 Å². The minimum Gasteiger partial charge on any atom is -0.442 e. The number of nitrogens with zero attached hydrogens (tertiary/aromatic N) is 7. The number of aromatic nitrogens is 4. The summed E-state index contributed by atoms with van der Waals surface area (Å²) in [6.45, 7) is -0.686. The Labute approximate surface area is 200 Å². The van der Waals surface area contributed by atoms with Crippen molar-refractivity contribution in [1.82, 2.24) is 30.6 Å². The molecule has 1 aromatic heterocycles. The first kappa shape index (κ1) is 25.1. The number of tetrazole rings is 1. The van der Waals surface area contributed by atoms with Crippen molar-refractivity contribution in [3.05, 3.63) is 30.1 Å². The molecule has 1 N–H and O–H groups in total. The highest BCUT2D eigenvalue weighted by Crippen LogP contribution is 2.31. The summed E-state index contributed by atoms with van der Waals surface area (Å²) in [6, 6.07) is 1.87. The molecule has 1 atom stereocenters. The fourth-order valence-electron chi connectivity index (χ4n) is 3.68. The number of hydrogen-bond donors (Lipinski definition) is 1. The molecule has 2 fully saturated rings. The van der Waals surface area contributed by atoms with Gasteiger partial charge < -0.3 is 15.0 Å². The third kappa shape index (κ3) is 5.61. The van der Waals surface area contributed by atoms with E-state index in [1.807, 2.05) is 5.32 Å². The largest absolute Gasteiger partial charge is 0.442 e. The molecule has 3 heterocycles. The van der Waals surface area contributed by atoms with Gasteiger partial charge in [0.15, 0.2) is 11.6 Å². The van der Waals surface area contributed by atoms with Crippen molar-refractivity contribution in [3.63, 3.8) is 0 Å². The lowest BCUT2D eigenvalue weighted by Crippen LogP contribution is -2.37. The lowest BCUT2D eigenvalue weighted by Gasteiger charge is -2.24. The molecule has 13 nitrogen and oxygen atoms in total. The van der Waals surface area contributed by atoms with Crippen molar-refractivity contribution in [1.29, 1.82) is 0 Å². The standard InChI is InChI=1S/C19H20F4N8O5/c20-13-5-11(30-8-12(36-19(30)34)7-24-18(33)17(22)23)6-14(21)16(13)28-1-2-31(35-4-3-28)15(32)9-29-10-25-26-27-29/h5-6,10,12,17H,1-4,7-9H2,(H,24,33). The van der Waals surface area contributed by atoms with E-state index in [1.54, 1.807) is 0 Å². The van der Waals surface area contributed by atoms with E-state index in [0.29, 0.717) is 0 Å². The summed E-state index contributed by atoms with van der Waals surface area (Å²) in [5.74, 6) is -3.92. The van der Waals surface area contributed by atoms with Gasteiger partial charge >= 0.3 is 12.5 Å². The maximum atomic E-state index is 15.0. The number of rotatable bonds is 7. The zero-order valence-electron chi connectivity index (χ0n) is 18.5. The van der Waals surface area contributed by atoms with Gasteiger partial charge in [-0.3, -0.25) is 19.3 Å². The van der Waals surface area contributed by atoms with Crippen LogP contribution in [0.3, 0.4) is 0 Å². The van der Waals surface area contributed by atoms with E-state index >= 15 is 8.78 Å². The predicted octanol–water partition coefficient (Wildman–Crippen LogP) is -0.0618. The van der Waals surface area contributed by atoms with E-state index in [9.17, 15) is 23.2 Å². The van der Waals surface area contributed by atoms with Gasteiger partial charge in [-0.2, -0.15) is 8.78 Å². The van der Waals surface area contributed by atoms with Crippen LogP contribution >= 0.6 is 0 Å². The second-order valence-corrected chi connectivity index (χ2v) is 7.74. The van der Waals surface area contributed by atoms with Crippen molar-refractivity contribution in [2.45, 2.75) is 19.1 Å². The topological polar surface area (TPSA) is 135 Å². The van der Waals surface area contributed by atoms with Crippen LogP contribution in [0.1, 0.15) is 0 Å². The van der Waals surface area contributed by atoms with E-state index in [1.165, 1.54) is 15.9 Å². The number of carbonyl (C=O) groups excluding carboxylic acids is 3. The second-order valence-electron chi connectivity index (χ2n) is 7.74. The summed E-state index contributed by atoms with van der Waals surface area (Å²) in [6.07, 6.45) is -3.90. The Morgan fingerprint density at radius 1 is 1.17 bits per heavy atom. The molecule has 17 heteroatoms. The Morgan fingerprint density at radius 2 is 1.92 bits per heavy atom. The number of nitrogens with one attached hydrogen (secondary N) is 1. The van der Waals surface area contributed by atoms with E-state index in [0.717, 1.165) is 22.1 Å². The minimum atomic E-state index is -3.23. The second kappa shape index (κ2) is 10.7. The van der Waals surface area contributed by atoms with Gasteiger partial charge in [0.1, 0.15) is 24.7 Å². The molecule has 36 heavy (non-hydrogen) atoms. The van der Waals surface area contributed by atoms with Crippen LogP contribution in [0.15, 0.2) is 18.5 Å². The molecule has 194 valence electrons. The first-order valence-electron chi connectivity index (χ1n) is 10.6. The van der Waals surface area contributed by atoms with Gasteiger partial charge in [-0.1, -0.05) is 0 Å². The van der Waals surface area contributed by atoms with Crippen LogP contribution in [-0.2, 0) is 25.7 Å². The lowest BCUT2D eigenvalue weighted by molar-refractivity contribution is -0.182. The molecule has 0 bridgehead atoms. The van der Waals surface area contributed by atoms with E-state index < -0.39 is 42.1 Å². The molecule has 0 spiro atoms. The fraction of sp³-hybridized carbons (Fsp3) is 0.474. The minimum absolute atomic E-state index is 0.00601. The van der Waals surface area contributed by atoms with Crippen LogP contribution < -0.4 is 15.1 Å². The van der Waals surface area contributed by atoms with E-state index in [2.05, 4.69) is 15.5 Å². The van der Waals surface area contributed by atoms with Crippen LogP contribution in [0.5, 0.6) is 0 Å². The lowest BCUT2D eigenvalue weighted by atomic mass is 10.2. The van der Waals surface area contributed by atoms with Gasteiger partial charge in [0.25, 0.3) is 11.8 Å². The Kier molecular flexibility index (Phi) is 7.47. The van der Waals surface area contributed by atoms with Gasteiger partial charge in [-0.25, -0.2) is 23.3 Å². The number of benzene rings is 1. The van der Waals surface area contributed by atoms with Crippen LogP contribution in [0, 0.1) is 11.6 Å². The summed E-state index contributed by atoms with van der Waals surface area (Å²) in [5.41, 5.74) is -0.517. The van der Waals surface area contributed by atoms with Crippen molar-refractivity contribution in [2.75, 3.05) is 49.1 Å². The molecule has 3 amide bonds. The number of halogens is 4. The maximum absolute atomic E-state index is 15.0. The van der Waals surface area contributed by atoms with Crippen LogP contribution in [0.4, 0.5) is 33.7 Å². The normalized spacial score (nSPS) is 18.4. The summed E-state index contributed by atoms with van der Waals surface area (Å²) in [4.78, 5) is 43.2. The zero-order chi connectivity index (χ0) is 25.8.